The van der Waals surface area contributed by atoms with Gasteiger partial charge >= 0.3 is 12.1 Å². The van der Waals surface area contributed by atoms with Gasteiger partial charge in [-0.2, -0.15) is 0 Å². The normalized spacial score (nSPS) is 15.2. The van der Waals surface area contributed by atoms with Crippen LogP contribution in [0.2, 0.25) is 0 Å². The molecule has 0 bridgehead atoms. The average molecular weight is 401 g/mol. The van der Waals surface area contributed by atoms with Gasteiger partial charge in [0.25, 0.3) is 0 Å². The Morgan fingerprint density at radius 2 is 1.83 bits per heavy atom. The van der Waals surface area contributed by atoms with Crippen LogP contribution in [-0.2, 0) is 9.47 Å². The summed E-state index contributed by atoms with van der Waals surface area (Å²) in [5, 5.41) is 0. The molecular weight excluding hydrogens is 380 g/mol. The SMILES string of the molecule is COC(=O)c1nc(Br)cnc1N1CCN(C(=O)OC(C)(C)C)CC1. The first kappa shape index (κ1) is 18.4. The Balaban J connectivity index is 2.07. The van der Waals surface area contributed by atoms with E-state index in [0.717, 1.165) is 0 Å². The first-order chi connectivity index (χ1) is 11.2. The van der Waals surface area contributed by atoms with Gasteiger partial charge in [0, 0.05) is 26.2 Å². The molecule has 24 heavy (non-hydrogen) atoms. The van der Waals surface area contributed by atoms with Crippen molar-refractivity contribution in [1.29, 1.82) is 0 Å². The largest absolute Gasteiger partial charge is 0.464 e. The van der Waals surface area contributed by atoms with E-state index in [9.17, 15) is 9.59 Å². The number of hydrogen-bond donors (Lipinski definition) is 0. The first-order valence-electron chi connectivity index (χ1n) is 7.55. The Kier molecular flexibility index (Phi) is 5.63. The summed E-state index contributed by atoms with van der Waals surface area (Å²) in [5.74, 6) is -0.0951. The lowest BCUT2D eigenvalue weighted by Crippen LogP contribution is -2.50. The van der Waals surface area contributed by atoms with Crippen LogP contribution in [0.4, 0.5) is 10.6 Å². The van der Waals surface area contributed by atoms with Crippen LogP contribution in [0.15, 0.2) is 10.8 Å². The van der Waals surface area contributed by atoms with Gasteiger partial charge in [0.05, 0.1) is 13.3 Å². The molecule has 2 heterocycles. The molecule has 1 fully saturated rings. The third kappa shape index (κ3) is 4.56. The molecule has 1 aromatic heterocycles. The van der Waals surface area contributed by atoms with Gasteiger partial charge in [-0.1, -0.05) is 0 Å². The Morgan fingerprint density at radius 3 is 2.38 bits per heavy atom. The molecule has 0 unspecified atom stereocenters. The van der Waals surface area contributed by atoms with E-state index in [2.05, 4.69) is 25.9 Å². The fraction of sp³-hybridized carbons (Fsp3) is 0.600. The van der Waals surface area contributed by atoms with Crippen LogP contribution in [0.3, 0.4) is 0 Å². The molecule has 1 amide bonds. The average Bonchev–Trinajstić information content (AvgIpc) is 2.52. The third-order valence-electron chi connectivity index (χ3n) is 3.33. The zero-order valence-electron chi connectivity index (χ0n) is 14.2. The Labute approximate surface area is 149 Å². The van der Waals surface area contributed by atoms with E-state index in [4.69, 9.17) is 9.47 Å². The quantitative estimate of drug-likeness (QED) is 0.702. The van der Waals surface area contributed by atoms with Crippen molar-refractivity contribution in [3.63, 3.8) is 0 Å². The minimum Gasteiger partial charge on any atom is -0.464 e. The van der Waals surface area contributed by atoms with E-state index in [1.54, 1.807) is 4.90 Å². The maximum absolute atomic E-state index is 12.1. The summed E-state index contributed by atoms with van der Waals surface area (Å²) in [6.07, 6.45) is 1.19. The van der Waals surface area contributed by atoms with Crippen LogP contribution in [0.1, 0.15) is 31.3 Å². The number of methoxy groups -OCH3 is 1. The minimum absolute atomic E-state index is 0.151. The predicted octanol–water partition coefficient (Wildman–Crippen LogP) is 2.08. The highest BCUT2D eigenvalue weighted by atomic mass is 79.9. The van der Waals surface area contributed by atoms with Gasteiger partial charge in [0.15, 0.2) is 11.5 Å². The van der Waals surface area contributed by atoms with Crippen molar-refractivity contribution in [2.24, 2.45) is 0 Å². The summed E-state index contributed by atoms with van der Waals surface area (Å²) in [4.78, 5) is 36.0. The van der Waals surface area contributed by atoms with Gasteiger partial charge in [0.1, 0.15) is 10.2 Å². The van der Waals surface area contributed by atoms with Gasteiger partial charge in [-0.05, 0) is 36.7 Å². The molecule has 0 N–H and O–H groups in total. The number of halogens is 1. The van der Waals surface area contributed by atoms with Crippen molar-refractivity contribution in [3.8, 4) is 0 Å². The summed E-state index contributed by atoms with van der Waals surface area (Å²) >= 11 is 3.20. The first-order valence-corrected chi connectivity index (χ1v) is 8.34. The summed E-state index contributed by atoms with van der Waals surface area (Å²) in [6.45, 7) is 7.52. The monoisotopic (exact) mass is 400 g/mol. The molecule has 0 spiro atoms. The Hall–Kier alpha value is -1.90. The summed E-state index contributed by atoms with van der Waals surface area (Å²) in [5.41, 5.74) is -0.374. The molecule has 8 nitrogen and oxygen atoms in total. The highest BCUT2D eigenvalue weighted by Crippen LogP contribution is 2.21. The zero-order valence-corrected chi connectivity index (χ0v) is 15.8. The smallest absolute Gasteiger partial charge is 0.410 e. The van der Waals surface area contributed by atoms with E-state index >= 15 is 0 Å². The van der Waals surface area contributed by atoms with E-state index in [1.807, 2.05) is 25.7 Å². The highest BCUT2D eigenvalue weighted by molar-refractivity contribution is 9.10. The molecule has 132 valence electrons. The van der Waals surface area contributed by atoms with Gasteiger partial charge in [0.2, 0.25) is 0 Å². The predicted molar refractivity (Wildman–Crippen MR) is 91.1 cm³/mol. The molecule has 9 heteroatoms. The summed E-state index contributed by atoms with van der Waals surface area (Å²) < 4.78 is 10.6. The number of anilines is 1. The van der Waals surface area contributed by atoms with Crippen molar-refractivity contribution in [1.82, 2.24) is 14.9 Å². The fourth-order valence-electron chi connectivity index (χ4n) is 2.25. The third-order valence-corrected chi connectivity index (χ3v) is 3.72. The van der Waals surface area contributed by atoms with Crippen molar-refractivity contribution >= 4 is 33.8 Å². The number of rotatable bonds is 2. The molecule has 0 radical (unpaired) electrons. The van der Waals surface area contributed by atoms with Gasteiger partial charge in [-0.3, -0.25) is 0 Å². The maximum atomic E-state index is 12.1. The lowest BCUT2D eigenvalue weighted by molar-refractivity contribution is 0.0239. The standard InChI is InChI=1S/C15H21BrN4O4/c1-15(2,3)24-14(22)20-7-5-19(6-8-20)12-11(13(21)23-4)18-10(16)9-17-12/h9H,5-8H2,1-4H3. The lowest BCUT2D eigenvalue weighted by Gasteiger charge is -2.36. The van der Waals surface area contributed by atoms with Gasteiger partial charge in [-0.25, -0.2) is 19.6 Å². The number of esters is 1. The van der Waals surface area contributed by atoms with Crippen LogP contribution in [0, 0.1) is 0 Å². The number of aromatic nitrogens is 2. The number of ether oxygens (including phenoxy) is 2. The molecule has 0 saturated carbocycles. The zero-order chi connectivity index (χ0) is 17.9. The van der Waals surface area contributed by atoms with Crippen molar-refractivity contribution < 1.29 is 19.1 Å². The summed E-state index contributed by atoms with van der Waals surface area (Å²) in [6, 6.07) is 0. The van der Waals surface area contributed by atoms with Crippen LogP contribution in [0.25, 0.3) is 0 Å². The summed E-state index contributed by atoms with van der Waals surface area (Å²) in [7, 11) is 1.30. The van der Waals surface area contributed by atoms with E-state index in [0.29, 0.717) is 36.6 Å². The topological polar surface area (TPSA) is 84.9 Å². The number of hydrogen-bond acceptors (Lipinski definition) is 7. The van der Waals surface area contributed by atoms with Crippen LogP contribution in [0.5, 0.6) is 0 Å². The molecule has 0 aromatic carbocycles. The molecule has 1 aromatic rings. The molecular formula is C15H21BrN4O4. The second-order valence-corrected chi connectivity index (χ2v) is 7.12. The van der Waals surface area contributed by atoms with Crippen LogP contribution < -0.4 is 4.90 Å². The van der Waals surface area contributed by atoms with Crippen molar-refractivity contribution in [3.05, 3.63) is 16.5 Å². The number of carbonyl (C=O) groups is 2. The van der Waals surface area contributed by atoms with E-state index < -0.39 is 11.6 Å². The second-order valence-electron chi connectivity index (χ2n) is 6.31. The second kappa shape index (κ2) is 7.33. The molecule has 1 aliphatic rings. The number of carbonyl (C=O) groups excluding carboxylic acids is 2. The molecule has 0 aliphatic carbocycles. The molecule has 1 aliphatic heterocycles. The molecule has 1 saturated heterocycles. The van der Waals surface area contributed by atoms with Crippen LogP contribution >= 0.6 is 15.9 Å². The fourth-order valence-corrected chi connectivity index (χ4v) is 2.53. The van der Waals surface area contributed by atoms with E-state index in [1.165, 1.54) is 13.3 Å². The Bertz CT molecular complexity index is 624. The van der Waals surface area contributed by atoms with Crippen LogP contribution in [-0.4, -0.2) is 65.8 Å². The van der Waals surface area contributed by atoms with E-state index in [-0.39, 0.29) is 11.8 Å². The molecule has 2 rings (SSSR count). The van der Waals surface area contributed by atoms with Crippen molar-refractivity contribution in [2.75, 3.05) is 38.2 Å². The minimum atomic E-state index is -0.548. The number of piperazine rings is 1. The van der Waals surface area contributed by atoms with Gasteiger partial charge < -0.3 is 19.3 Å². The maximum Gasteiger partial charge on any atom is 0.410 e. The molecule has 0 atom stereocenters. The van der Waals surface area contributed by atoms with Gasteiger partial charge in [-0.15, -0.1) is 0 Å². The number of amides is 1. The lowest BCUT2D eigenvalue weighted by atomic mass is 10.2. The Morgan fingerprint density at radius 1 is 1.21 bits per heavy atom. The van der Waals surface area contributed by atoms with Crippen molar-refractivity contribution in [2.45, 2.75) is 26.4 Å². The number of nitrogens with zero attached hydrogens (tertiary/aromatic N) is 4. The highest BCUT2D eigenvalue weighted by Gasteiger charge is 2.28.